The largest absolute Gasteiger partial charge is 0.506 e. The lowest BCUT2D eigenvalue weighted by atomic mass is 10.0. The molecule has 0 saturated heterocycles. The smallest absolute Gasteiger partial charge is 0.268 e. The maximum atomic E-state index is 12.3. The molecule has 1 heterocycles. The molecule has 2 aromatic carbocycles. The Morgan fingerprint density at radius 2 is 2.13 bits per heavy atom. The number of anilines is 1. The number of hydrogen-bond donors (Lipinski definition) is 2. The molecule has 0 fully saturated rings. The highest BCUT2D eigenvalue weighted by atomic mass is 35.5. The highest BCUT2D eigenvalue weighted by Crippen LogP contribution is 2.26. The summed E-state index contributed by atoms with van der Waals surface area (Å²) < 4.78 is 0. The van der Waals surface area contributed by atoms with Gasteiger partial charge in [-0.25, -0.2) is 0 Å². The summed E-state index contributed by atoms with van der Waals surface area (Å²) in [4.78, 5) is 17.5. The minimum absolute atomic E-state index is 0.00851. The van der Waals surface area contributed by atoms with Crippen molar-refractivity contribution in [2.45, 2.75) is 19.4 Å². The molecule has 5 nitrogen and oxygen atoms in total. The van der Waals surface area contributed by atoms with Crippen LogP contribution in [-0.4, -0.2) is 22.8 Å². The standard InChI is InChI=1S/C17H15ClN2O3/c1-10-6-7-15(21)14(8-10)19-17(22)16-9-13(20-23-16)11-4-2-3-5-12(11)18/h2-8,16,21H,9H2,1H3,(H,19,22)/t16-/m1/s1. The van der Waals surface area contributed by atoms with Crippen LogP contribution in [0.2, 0.25) is 5.02 Å². The van der Waals surface area contributed by atoms with Crippen LogP contribution in [0.25, 0.3) is 0 Å². The van der Waals surface area contributed by atoms with E-state index in [9.17, 15) is 9.90 Å². The summed E-state index contributed by atoms with van der Waals surface area (Å²) in [5, 5.41) is 17.0. The van der Waals surface area contributed by atoms with E-state index in [1.54, 1.807) is 18.2 Å². The summed E-state index contributed by atoms with van der Waals surface area (Å²) in [6, 6.07) is 12.3. The van der Waals surface area contributed by atoms with Gasteiger partial charge in [-0.05, 0) is 30.7 Å². The van der Waals surface area contributed by atoms with E-state index >= 15 is 0 Å². The number of benzene rings is 2. The Bertz CT molecular complexity index is 789. The van der Waals surface area contributed by atoms with Gasteiger partial charge in [-0.1, -0.05) is 41.0 Å². The second-order valence-electron chi connectivity index (χ2n) is 5.33. The van der Waals surface area contributed by atoms with E-state index < -0.39 is 6.10 Å². The SMILES string of the molecule is Cc1ccc(O)c(NC(=O)[C@H]2CC(c3ccccc3Cl)=NO2)c1. The van der Waals surface area contributed by atoms with E-state index in [1.165, 1.54) is 6.07 Å². The molecule has 6 heteroatoms. The Balaban J connectivity index is 1.69. The number of aryl methyl sites for hydroxylation is 1. The van der Waals surface area contributed by atoms with Gasteiger partial charge in [0.15, 0.2) is 0 Å². The highest BCUT2D eigenvalue weighted by molar-refractivity contribution is 6.34. The van der Waals surface area contributed by atoms with Crippen molar-refractivity contribution in [1.29, 1.82) is 0 Å². The lowest BCUT2D eigenvalue weighted by Gasteiger charge is -2.11. The number of oxime groups is 1. The number of amides is 1. The molecule has 0 unspecified atom stereocenters. The number of nitrogens with zero attached hydrogens (tertiary/aromatic N) is 1. The predicted molar refractivity (Wildman–Crippen MR) is 89.0 cm³/mol. The van der Waals surface area contributed by atoms with Crippen molar-refractivity contribution in [2.24, 2.45) is 5.16 Å². The highest BCUT2D eigenvalue weighted by Gasteiger charge is 2.30. The minimum Gasteiger partial charge on any atom is -0.506 e. The fourth-order valence-electron chi connectivity index (χ4n) is 2.34. The van der Waals surface area contributed by atoms with Gasteiger partial charge in [0.05, 0.1) is 11.4 Å². The molecule has 118 valence electrons. The first-order valence-electron chi connectivity index (χ1n) is 7.12. The Morgan fingerprint density at radius 3 is 2.91 bits per heavy atom. The van der Waals surface area contributed by atoms with Gasteiger partial charge in [0.2, 0.25) is 6.10 Å². The normalized spacial score (nSPS) is 16.6. The van der Waals surface area contributed by atoms with Crippen LogP contribution in [0.1, 0.15) is 17.5 Å². The van der Waals surface area contributed by atoms with Crippen LogP contribution in [0, 0.1) is 6.92 Å². The third kappa shape index (κ3) is 3.29. The van der Waals surface area contributed by atoms with Crippen LogP contribution in [-0.2, 0) is 9.63 Å². The van der Waals surface area contributed by atoms with Gasteiger partial charge >= 0.3 is 0 Å². The van der Waals surface area contributed by atoms with E-state index in [-0.39, 0.29) is 11.7 Å². The fraction of sp³-hybridized carbons (Fsp3) is 0.176. The maximum Gasteiger partial charge on any atom is 0.268 e. The second kappa shape index (κ2) is 6.30. The van der Waals surface area contributed by atoms with Crippen molar-refractivity contribution >= 4 is 28.9 Å². The maximum absolute atomic E-state index is 12.3. The molecule has 0 saturated carbocycles. The van der Waals surface area contributed by atoms with Crippen LogP contribution >= 0.6 is 11.6 Å². The molecular formula is C17H15ClN2O3. The first kappa shape index (κ1) is 15.4. The number of nitrogens with one attached hydrogen (secondary N) is 1. The van der Waals surface area contributed by atoms with Gasteiger partial charge in [0, 0.05) is 17.0 Å². The Labute approximate surface area is 138 Å². The number of carbonyl (C=O) groups is 1. The summed E-state index contributed by atoms with van der Waals surface area (Å²) >= 11 is 6.13. The van der Waals surface area contributed by atoms with Crippen LogP contribution in [0.3, 0.4) is 0 Å². The molecule has 2 N–H and O–H groups in total. The summed E-state index contributed by atoms with van der Waals surface area (Å²) in [6.45, 7) is 1.87. The van der Waals surface area contributed by atoms with Crippen LogP contribution in [0.5, 0.6) is 5.75 Å². The molecule has 3 rings (SSSR count). The molecule has 1 atom stereocenters. The van der Waals surface area contributed by atoms with Gasteiger partial charge in [-0.15, -0.1) is 0 Å². The molecule has 2 aromatic rings. The molecule has 0 radical (unpaired) electrons. The Kier molecular flexibility index (Phi) is 4.21. The second-order valence-corrected chi connectivity index (χ2v) is 5.73. The molecule has 1 aliphatic rings. The number of rotatable bonds is 3. The van der Waals surface area contributed by atoms with Crippen LogP contribution in [0.15, 0.2) is 47.6 Å². The van der Waals surface area contributed by atoms with Gasteiger partial charge in [-0.2, -0.15) is 0 Å². The zero-order valence-electron chi connectivity index (χ0n) is 12.4. The third-order valence-corrected chi connectivity index (χ3v) is 3.89. The van der Waals surface area contributed by atoms with E-state index in [0.29, 0.717) is 22.8 Å². The van der Waals surface area contributed by atoms with E-state index in [2.05, 4.69) is 10.5 Å². The van der Waals surface area contributed by atoms with Crippen LogP contribution < -0.4 is 5.32 Å². The monoisotopic (exact) mass is 330 g/mol. The van der Waals surface area contributed by atoms with Crippen molar-refractivity contribution in [3.8, 4) is 5.75 Å². The number of hydrogen-bond acceptors (Lipinski definition) is 4. The number of phenols is 1. The third-order valence-electron chi connectivity index (χ3n) is 3.56. The Hall–Kier alpha value is -2.53. The van der Waals surface area contributed by atoms with Crippen molar-refractivity contribution in [1.82, 2.24) is 0 Å². The topological polar surface area (TPSA) is 70.9 Å². The first-order valence-corrected chi connectivity index (χ1v) is 7.50. The average Bonchev–Trinajstić information content (AvgIpc) is 3.01. The molecular weight excluding hydrogens is 316 g/mol. The number of halogens is 1. The van der Waals surface area contributed by atoms with E-state index in [0.717, 1.165) is 11.1 Å². The summed E-state index contributed by atoms with van der Waals surface area (Å²) in [7, 11) is 0. The Morgan fingerprint density at radius 1 is 1.35 bits per heavy atom. The summed E-state index contributed by atoms with van der Waals surface area (Å²) in [5.41, 5.74) is 2.66. The molecule has 0 spiro atoms. The first-order chi connectivity index (χ1) is 11.0. The van der Waals surface area contributed by atoms with Crippen molar-refractivity contribution < 1.29 is 14.7 Å². The van der Waals surface area contributed by atoms with Crippen molar-refractivity contribution in [2.75, 3.05) is 5.32 Å². The van der Waals surface area contributed by atoms with Crippen molar-refractivity contribution in [3.63, 3.8) is 0 Å². The van der Waals surface area contributed by atoms with E-state index in [1.807, 2.05) is 25.1 Å². The summed E-state index contributed by atoms with van der Waals surface area (Å²) in [6.07, 6.45) is -0.427. The van der Waals surface area contributed by atoms with E-state index in [4.69, 9.17) is 16.4 Å². The molecule has 23 heavy (non-hydrogen) atoms. The minimum atomic E-state index is -0.749. The number of phenolic OH excluding ortho intramolecular Hbond substituents is 1. The van der Waals surface area contributed by atoms with Crippen LogP contribution in [0.4, 0.5) is 5.69 Å². The van der Waals surface area contributed by atoms with Crippen molar-refractivity contribution in [3.05, 3.63) is 58.6 Å². The average molecular weight is 331 g/mol. The predicted octanol–water partition coefficient (Wildman–Crippen LogP) is 3.49. The quantitative estimate of drug-likeness (QED) is 0.846. The fourth-order valence-corrected chi connectivity index (χ4v) is 2.58. The zero-order chi connectivity index (χ0) is 16.4. The molecule has 0 aromatic heterocycles. The number of aromatic hydroxyl groups is 1. The summed E-state index contributed by atoms with van der Waals surface area (Å²) in [5.74, 6) is -0.356. The number of carbonyl (C=O) groups excluding carboxylic acids is 1. The van der Waals surface area contributed by atoms with Gasteiger partial charge in [-0.3, -0.25) is 4.79 Å². The lowest BCUT2D eigenvalue weighted by Crippen LogP contribution is -2.28. The van der Waals surface area contributed by atoms with Gasteiger partial charge in [0.1, 0.15) is 5.75 Å². The molecule has 1 amide bonds. The lowest BCUT2D eigenvalue weighted by molar-refractivity contribution is -0.125. The molecule has 0 bridgehead atoms. The van der Waals surface area contributed by atoms with Gasteiger partial charge < -0.3 is 15.3 Å². The molecule has 1 aliphatic heterocycles. The molecule has 0 aliphatic carbocycles. The van der Waals surface area contributed by atoms with Gasteiger partial charge in [0.25, 0.3) is 5.91 Å². The zero-order valence-corrected chi connectivity index (χ0v) is 13.2.